The first kappa shape index (κ1) is 29.4. The molecule has 0 unspecified atom stereocenters. The molecule has 0 aliphatic carbocycles. The van der Waals surface area contributed by atoms with Crippen LogP contribution in [0, 0.1) is 0 Å². The predicted octanol–water partition coefficient (Wildman–Crippen LogP) is 8.89. The van der Waals surface area contributed by atoms with Crippen molar-refractivity contribution in [3.05, 3.63) is 12.0 Å². The number of hydrogen-bond donors (Lipinski definition) is 0. The van der Waals surface area contributed by atoms with Gasteiger partial charge in [0.05, 0.1) is 19.8 Å². The third kappa shape index (κ3) is 14.3. The molecule has 0 fully saturated rings. The fourth-order valence-electron chi connectivity index (χ4n) is 3.80. The highest BCUT2D eigenvalue weighted by atomic mass is 16.6. The fourth-order valence-corrected chi connectivity index (χ4v) is 3.80. The van der Waals surface area contributed by atoms with E-state index in [1.807, 2.05) is 6.92 Å². The Hall–Kier alpha value is -1.65. The van der Waals surface area contributed by atoms with Crippen LogP contribution in [0.1, 0.15) is 140 Å². The molecule has 0 radical (unpaired) electrons. The van der Waals surface area contributed by atoms with Crippen LogP contribution in [0.2, 0.25) is 0 Å². The molecule has 0 atom stereocenters. The summed E-state index contributed by atoms with van der Waals surface area (Å²) < 4.78 is 22.6. The smallest absolute Gasteiger partial charge is 0.378 e. The van der Waals surface area contributed by atoms with Gasteiger partial charge in [-0.3, -0.25) is 0 Å². The minimum atomic E-state index is -0.482. The third-order valence-electron chi connectivity index (χ3n) is 5.84. The van der Waals surface area contributed by atoms with Crippen LogP contribution in [0.5, 0.6) is 11.5 Å². The summed E-state index contributed by atoms with van der Waals surface area (Å²) in [6, 6.07) is 0. The molecule has 0 bridgehead atoms. The lowest BCUT2D eigenvalue weighted by molar-refractivity contribution is 0.0462. The van der Waals surface area contributed by atoms with E-state index in [4.69, 9.17) is 18.6 Å². The predicted molar refractivity (Wildman–Crippen MR) is 135 cm³/mol. The first-order valence-corrected chi connectivity index (χ1v) is 13.8. The van der Waals surface area contributed by atoms with E-state index in [9.17, 15) is 4.79 Å². The van der Waals surface area contributed by atoms with Gasteiger partial charge in [-0.25, -0.2) is 4.79 Å². The lowest BCUT2D eigenvalue weighted by Crippen LogP contribution is -2.08. The Labute approximate surface area is 202 Å². The zero-order chi connectivity index (χ0) is 24.0. The SMILES string of the molecule is CCCCCCCCCCOc1coc(C(=O)OCCC)c1OCCCCCCCCCC. The molecule has 1 heterocycles. The van der Waals surface area contributed by atoms with E-state index in [0.29, 0.717) is 31.3 Å². The van der Waals surface area contributed by atoms with E-state index < -0.39 is 5.97 Å². The Morgan fingerprint density at radius 3 is 1.64 bits per heavy atom. The van der Waals surface area contributed by atoms with Crippen LogP contribution in [-0.2, 0) is 4.74 Å². The highest BCUT2D eigenvalue weighted by Gasteiger charge is 2.24. The van der Waals surface area contributed by atoms with Gasteiger partial charge in [-0.05, 0) is 19.3 Å². The zero-order valence-corrected chi connectivity index (χ0v) is 21.8. The van der Waals surface area contributed by atoms with Gasteiger partial charge in [-0.15, -0.1) is 0 Å². The molecule has 5 heteroatoms. The molecule has 1 aromatic rings. The van der Waals surface area contributed by atoms with Gasteiger partial charge in [-0.1, -0.05) is 111 Å². The molecule has 192 valence electrons. The topological polar surface area (TPSA) is 57.9 Å². The van der Waals surface area contributed by atoms with Crippen LogP contribution in [0.4, 0.5) is 0 Å². The summed E-state index contributed by atoms with van der Waals surface area (Å²) in [5.74, 6) is 0.554. The van der Waals surface area contributed by atoms with Crippen molar-refractivity contribution in [2.45, 2.75) is 130 Å². The lowest BCUT2D eigenvalue weighted by Gasteiger charge is -2.10. The van der Waals surface area contributed by atoms with Gasteiger partial charge in [0.2, 0.25) is 11.5 Å². The van der Waals surface area contributed by atoms with Crippen LogP contribution < -0.4 is 9.47 Å². The van der Waals surface area contributed by atoms with Crippen molar-refractivity contribution in [2.75, 3.05) is 19.8 Å². The van der Waals surface area contributed by atoms with Gasteiger partial charge in [0.1, 0.15) is 6.26 Å². The molecule has 0 saturated heterocycles. The molecule has 1 rings (SSSR count). The number of furan rings is 1. The maximum Gasteiger partial charge on any atom is 0.378 e. The van der Waals surface area contributed by atoms with E-state index in [-0.39, 0.29) is 5.76 Å². The second-order valence-electron chi connectivity index (χ2n) is 9.04. The molecule has 1 aromatic heterocycles. The molecule has 33 heavy (non-hydrogen) atoms. The number of rotatable bonds is 23. The monoisotopic (exact) mass is 466 g/mol. The first-order chi connectivity index (χ1) is 16.2. The summed E-state index contributed by atoms with van der Waals surface area (Å²) in [6.07, 6.45) is 22.1. The van der Waals surface area contributed by atoms with Crippen molar-refractivity contribution in [1.82, 2.24) is 0 Å². The van der Waals surface area contributed by atoms with Crippen LogP contribution in [0.3, 0.4) is 0 Å². The van der Waals surface area contributed by atoms with Crippen molar-refractivity contribution in [1.29, 1.82) is 0 Å². The van der Waals surface area contributed by atoms with E-state index >= 15 is 0 Å². The molecule has 0 spiro atoms. The van der Waals surface area contributed by atoms with Gasteiger partial charge in [0.15, 0.2) is 0 Å². The van der Waals surface area contributed by atoms with E-state index in [1.54, 1.807) is 0 Å². The number of esters is 1. The lowest BCUT2D eigenvalue weighted by atomic mass is 10.1. The highest BCUT2D eigenvalue weighted by Crippen LogP contribution is 2.35. The average molecular weight is 467 g/mol. The standard InChI is InChI=1S/C28H50O5/c1-4-7-9-11-13-15-17-19-22-30-25-24-33-27(28(29)32-21-6-3)26(25)31-23-20-18-16-14-12-10-8-5-2/h24H,4-23H2,1-3H3. The summed E-state index contributed by atoms with van der Waals surface area (Å²) in [4.78, 5) is 12.4. The summed E-state index contributed by atoms with van der Waals surface area (Å²) in [6.45, 7) is 7.98. The first-order valence-electron chi connectivity index (χ1n) is 13.8. The largest absolute Gasteiger partial charge is 0.487 e. The number of unbranched alkanes of at least 4 members (excludes halogenated alkanes) is 14. The Balaban J connectivity index is 2.40. The number of hydrogen-bond acceptors (Lipinski definition) is 5. The fraction of sp³-hybridized carbons (Fsp3) is 0.821. The van der Waals surface area contributed by atoms with Crippen LogP contribution >= 0.6 is 0 Å². The number of carbonyl (C=O) groups excluding carboxylic acids is 1. The average Bonchev–Trinajstić information content (AvgIpc) is 3.23. The maximum absolute atomic E-state index is 12.4. The van der Waals surface area contributed by atoms with Crippen molar-refractivity contribution in [2.24, 2.45) is 0 Å². The van der Waals surface area contributed by atoms with E-state index in [2.05, 4.69) is 13.8 Å². The molecule has 5 nitrogen and oxygen atoms in total. The zero-order valence-electron chi connectivity index (χ0n) is 21.8. The normalized spacial score (nSPS) is 11.0. The second kappa shape index (κ2) is 20.9. The Kier molecular flexibility index (Phi) is 18.6. The molecule has 0 N–H and O–H groups in total. The minimum Gasteiger partial charge on any atom is -0.487 e. The summed E-state index contributed by atoms with van der Waals surface area (Å²) >= 11 is 0. The highest BCUT2D eigenvalue weighted by molar-refractivity contribution is 5.90. The van der Waals surface area contributed by atoms with E-state index in [0.717, 1.165) is 32.1 Å². The van der Waals surface area contributed by atoms with Gasteiger partial charge < -0.3 is 18.6 Å². The van der Waals surface area contributed by atoms with Gasteiger partial charge in [0, 0.05) is 0 Å². The van der Waals surface area contributed by atoms with Crippen molar-refractivity contribution in [3.8, 4) is 11.5 Å². The maximum atomic E-state index is 12.4. The van der Waals surface area contributed by atoms with Gasteiger partial charge in [-0.2, -0.15) is 0 Å². The Bertz CT molecular complexity index is 581. The third-order valence-corrected chi connectivity index (χ3v) is 5.84. The van der Waals surface area contributed by atoms with Crippen molar-refractivity contribution >= 4 is 5.97 Å². The minimum absolute atomic E-state index is 0.119. The van der Waals surface area contributed by atoms with Crippen LogP contribution in [0.25, 0.3) is 0 Å². The van der Waals surface area contributed by atoms with Gasteiger partial charge >= 0.3 is 5.97 Å². The Morgan fingerprint density at radius 1 is 0.636 bits per heavy atom. The number of carbonyl (C=O) groups is 1. The van der Waals surface area contributed by atoms with Crippen molar-refractivity contribution < 1.29 is 23.4 Å². The van der Waals surface area contributed by atoms with Crippen molar-refractivity contribution in [3.63, 3.8) is 0 Å². The second-order valence-corrected chi connectivity index (χ2v) is 9.04. The van der Waals surface area contributed by atoms with Crippen LogP contribution in [-0.4, -0.2) is 25.8 Å². The molecule has 0 aliphatic heterocycles. The molecule has 0 amide bonds. The van der Waals surface area contributed by atoms with E-state index in [1.165, 1.54) is 83.3 Å². The summed E-state index contributed by atoms with van der Waals surface area (Å²) in [7, 11) is 0. The molecule has 0 aliphatic rings. The molecule has 0 aromatic carbocycles. The summed E-state index contributed by atoms with van der Waals surface area (Å²) in [5, 5.41) is 0. The molecule has 0 saturated carbocycles. The quantitative estimate of drug-likeness (QED) is 0.119. The molecular formula is C28H50O5. The van der Waals surface area contributed by atoms with Gasteiger partial charge in [0.25, 0.3) is 5.76 Å². The molecular weight excluding hydrogens is 416 g/mol. The Morgan fingerprint density at radius 2 is 1.12 bits per heavy atom. The summed E-state index contributed by atoms with van der Waals surface area (Å²) in [5.41, 5.74) is 0. The van der Waals surface area contributed by atoms with Crippen LogP contribution in [0.15, 0.2) is 10.7 Å². The number of ether oxygens (including phenoxy) is 3.